The van der Waals surface area contributed by atoms with Crippen LogP contribution in [-0.4, -0.2) is 33.7 Å². The van der Waals surface area contributed by atoms with Gasteiger partial charge in [-0.3, -0.25) is 0 Å². The number of fused-ring (bicyclic) bond motifs is 2. The van der Waals surface area contributed by atoms with Crippen LogP contribution in [0, 0.1) is 11.7 Å². The van der Waals surface area contributed by atoms with Gasteiger partial charge in [0.25, 0.3) is 0 Å². The van der Waals surface area contributed by atoms with Crippen LogP contribution < -0.4 is 4.90 Å². The van der Waals surface area contributed by atoms with Crippen molar-refractivity contribution in [1.29, 1.82) is 0 Å². The second kappa shape index (κ2) is 4.61. The van der Waals surface area contributed by atoms with E-state index in [1.807, 2.05) is 4.90 Å². The third kappa shape index (κ3) is 1.96. The van der Waals surface area contributed by atoms with Gasteiger partial charge in [0.15, 0.2) is 11.0 Å². The minimum absolute atomic E-state index is 0.0168. The van der Waals surface area contributed by atoms with Crippen LogP contribution >= 0.6 is 23.2 Å². The zero-order chi connectivity index (χ0) is 14.7. The van der Waals surface area contributed by atoms with Crippen molar-refractivity contribution in [3.05, 3.63) is 22.5 Å². The van der Waals surface area contributed by atoms with Gasteiger partial charge in [-0.05, 0) is 24.4 Å². The number of nitrogens with zero attached hydrogens (tertiary/aromatic N) is 4. The van der Waals surface area contributed by atoms with E-state index in [1.165, 1.54) is 6.20 Å². The lowest BCUT2D eigenvalue weighted by Crippen LogP contribution is -2.33. The Morgan fingerprint density at radius 2 is 2.10 bits per heavy atom. The van der Waals surface area contributed by atoms with E-state index in [0.29, 0.717) is 17.7 Å². The summed E-state index contributed by atoms with van der Waals surface area (Å²) in [4.78, 5) is 13.7. The molecule has 1 aliphatic carbocycles. The summed E-state index contributed by atoms with van der Waals surface area (Å²) in [7, 11) is 0. The summed E-state index contributed by atoms with van der Waals surface area (Å²) in [5.41, 5.74) is 0.0168. The Balaban J connectivity index is 1.90. The summed E-state index contributed by atoms with van der Waals surface area (Å²) >= 11 is 11.6. The van der Waals surface area contributed by atoms with Crippen LogP contribution in [-0.2, 0) is 0 Å². The molecule has 0 N–H and O–H groups in total. The van der Waals surface area contributed by atoms with Gasteiger partial charge in [0, 0.05) is 18.7 Å². The highest BCUT2D eigenvalue weighted by Gasteiger charge is 2.56. The third-order valence-electron chi connectivity index (χ3n) is 4.20. The van der Waals surface area contributed by atoms with Crippen molar-refractivity contribution in [2.75, 3.05) is 11.4 Å². The highest BCUT2D eigenvalue weighted by Crippen LogP contribution is 2.48. The van der Waals surface area contributed by atoms with Crippen LogP contribution in [0.15, 0.2) is 6.20 Å². The molecule has 4 rings (SSSR count). The summed E-state index contributed by atoms with van der Waals surface area (Å²) < 4.78 is 27.9. The summed E-state index contributed by atoms with van der Waals surface area (Å²) in [5, 5.41) is 0.0485. The van der Waals surface area contributed by atoms with Crippen LogP contribution in [0.2, 0.25) is 10.4 Å². The predicted octanol–water partition coefficient (Wildman–Crippen LogP) is 3.41. The molecule has 4 nitrogen and oxygen atoms in total. The van der Waals surface area contributed by atoms with E-state index in [1.54, 1.807) is 0 Å². The van der Waals surface area contributed by atoms with Gasteiger partial charge in [0.1, 0.15) is 17.5 Å². The number of hydrogen-bond donors (Lipinski definition) is 0. The maximum atomic E-state index is 14.1. The standard InChI is InChI=1S/C13H10Cl2F2N4/c14-11-8(17)9-6(4-18-11)12(20-13(15)19-9)21-3-1-2-5-7(16)10(5)21/h4-5,7,10H,1-3H2/t5-,7-,10-/m0/s1. The normalized spacial score (nSPS) is 27.8. The Morgan fingerprint density at radius 1 is 1.29 bits per heavy atom. The van der Waals surface area contributed by atoms with Crippen molar-refractivity contribution in [3.8, 4) is 0 Å². The fourth-order valence-corrected chi connectivity index (χ4v) is 3.46. The first kappa shape index (κ1) is 13.4. The average molecular weight is 331 g/mol. The first-order chi connectivity index (χ1) is 10.1. The molecule has 1 saturated carbocycles. The van der Waals surface area contributed by atoms with E-state index in [2.05, 4.69) is 15.0 Å². The molecule has 0 unspecified atom stereocenters. The molecule has 8 heteroatoms. The number of aromatic nitrogens is 3. The average Bonchev–Trinajstić information content (AvgIpc) is 3.14. The minimum Gasteiger partial charge on any atom is -0.350 e. The molecule has 110 valence electrons. The summed E-state index contributed by atoms with van der Waals surface area (Å²) in [6, 6.07) is -0.202. The summed E-state index contributed by atoms with van der Waals surface area (Å²) in [6.45, 7) is 0.661. The lowest BCUT2D eigenvalue weighted by atomic mass is 10.1. The van der Waals surface area contributed by atoms with E-state index in [-0.39, 0.29) is 27.9 Å². The topological polar surface area (TPSA) is 41.9 Å². The number of pyridine rings is 1. The Labute approximate surface area is 129 Å². The molecule has 1 aliphatic heterocycles. The van der Waals surface area contributed by atoms with Crippen molar-refractivity contribution < 1.29 is 8.78 Å². The summed E-state index contributed by atoms with van der Waals surface area (Å²) in [6.07, 6.45) is 2.29. The van der Waals surface area contributed by atoms with Crippen LogP contribution in [0.5, 0.6) is 0 Å². The highest BCUT2D eigenvalue weighted by molar-refractivity contribution is 6.30. The van der Waals surface area contributed by atoms with Crippen molar-refractivity contribution in [2.24, 2.45) is 5.92 Å². The number of anilines is 1. The smallest absolute Gasteiger partial charge is 0.225 e. The fourth-order valence-electron chi connectivity index (χ4n) is 3.15. The first-order valence-electron chi connectivity index (χ1n) is 6.66. The lowest BCUT2D eigenvalue weighted by Gasteiger charge is -2.28. The van der Waals surface area contributed by atoms with E-state index in [9.17, 15) is 8.78 Å². The Bertz CT molecular complexity index is 742. The SMILES string of the molecule is Fc1c(Cl)ncc2c(N3CCC[C@H]4[C@H](F)[C@H]43)nc(Cl)nc12. The van der Waals surface area contributed by atoms with E-state index in [4.69, 9.17) is 23.2 Å². The largest absolute Gasteiger partial charge is 0.350 e. The van der Waals surface area contributed by atoms with Crippen LogP contribution in [0.4, 0.5) is 14.6 Å². The number of halogens is 4. The molecule has 2 fully saturated rings. The molecule has 0 amide bonds. The van der Waals surface area contributed by atoms with Gasteiger partial charge in [-0.1, -0.05) is 11.6 Å². The molecular formula is C13H10Cl2F2N4. The number of piperidine rings is 1. The lowest BCUT2D eigenvalue weighted by molar-refractivity contribution is 0.438. The van der Waals surface area contributed by atoms with Gasteiger partial charge < -0.3 is 4.90 Å². The number of alkyl halides is 1. The van der Waals surface area contributed by atoms with Gasteiger partial charge in [-0.15, -0.1) is 0 Å². The van der Waals surface area contributed by atoms with Crippen LogP contribution in [0.25, 0.3) is 10.9 Å². The zero-order valence-electron chi connectivity index (χ0n) is 10.7. The highest BCUT2D eigenvalue weighted by atomic mass is 35.5. The van der Waals surface area contributed by atoms with Crippen LogP contribution in [0.3, 0.4) is 0 Å². The molecule has 1 saturated heterocycles. The van der Waals surface area contributed by atoms with Crippen LogP contribution in [0.1, 0.15) is 12.8 Å². The van der Waals surface area contributed by atoms with Gasteiger partial charge in [0.2, 0.25) is 5.28 Å². The third-order valence-corrected chi connectivity index (χ3v) is 4.63. The zero-order valence-corrected chi connectivity index (χ0v) is 12.2. The van der Waals surface area contributed by atoms with Crippen molar-refractivity contribution >= 4 is 39.9 Å². The predicted molar refractivity (Wildman–Crippen MR) is 76.1 cm³/mol. The van der Waals surface area contributed by atoms with Gasteiger partial charge in [-0.25, -0.2) is 18.7 Å². The molecule has 3 atom stereocenters. The molecule has 2 aromatic heterocycles. The molecule has 0 spiro atoms. The van der Waals surface area contributed by atoms with Crippen molar-refractivity contribution in [2.45, 2.75) is 25.1 Å². The number of rotatable bonds is 1. The Kier molecular flexibility index (Phi) is 2.94. The van der Waals surface area contributed by atoms with Gasteiger partial charge >= 0.3 is 0 Å². The number of hydrogen-bond acceptors (Lipinski definition) is 4. The molecular weight excluding hydrogens is 321 g/mol. The molecule has 3 heterocycles. The first-order valence-corrected chi connectivity index (χ1v) is 7.41. The van der Waals surface area contributed by atoms with Crippen molar-refractivity contribution in [3.63, 3.8) is 0 Å². The second-order valence-corrected chi connectivity index (χ2v) is 6.07. The fraction of sp³-hybridized carbons (Fsp3) is 0.462. The Morgan fingerprint density at radius 3 is 2.90 bits per heavy atom. The molecule has 0 bridgehead atoms. The molecule has 0 aromatic carbocycles. The minimum atomic E-state index is -0.860. The quantitative estimate of drug-likeness (QED) is 0.593. The van der Waals surface area contributed by atoms with Gasteiger partial charge in [-0.2, -0.15) is 4.98 Å². The van der Waals surface area contributed by atoms with Crippen molar-refractivity contribution in [1.82, 2.24) is 15.0 Å². The van der Waals surface area contributed by atoms with E-state index in [0.717, 1.165) is 12.8 Å². The Hall–Kier alpha value is -1.27. The molecule has 2 aromatic rings. The second-order valence-electron chi connectivity index (χ2n) is 5.38. The van der Waals surface area contributed by atoms with E-state index < -0.39 is 12.0 Å². The molecule has 2 aliphatic rings. The molecule has 21 heavy (non-hydrogen) atoms. The monoisotopic (exact) mass is 330 g/mol. The maximum absolute atomic E-state index is 14.1. The molecule has 0 radical (unpaired) electrons. The van der Waals surface area contributed by atoms with E-state index >= 15 is 0 Å². The van der Waals surface area contributed by atoms with Gasteiger partial charge in [0.05, 0.1) is 11.4 Å². The summed E-state index contributed by atoms with van der Waals surface area (Å²) in [5.74, 6) is -0.267. The maximum Gasteiger partial charge on any atom is 0.225 e.